The summed E-state index contributed by atoms with van der Waals surface area (Å²) in [5.74, 6) is -0.640. The zero-order valence-corrected chi connectivity index (χ0v) is 10.6. The van der Waals surface area contributed by atoms with Crippen LogP contribution in [0.4, 0.5) is 10.1 Å². The van der Waals surface area contributed by atoms with Crippen LogP contribution in [0.15, 0.2) is 18.3 Å². The second-order valence-electron chi connectivity index (χ2n) is 3.22. The fraction of sp³-hybridized carbons (Fsp3) is 0.100. The lowest BCUT2D eigenvalue weighted by atomic mass is 10.2. The predicted octanol–water partition coefficient (Wildman–Crippen LogP) is 3.37. The summed E-state index contributed by atoms with van der Waals surface area (Å²) in [7, 11) is 1.32. The first-order chi connectivity index (χ1) is 8.04. The van der Waals surface area contributed by atoms with E-state index < -0.39 is 10.7 Å². The van der Waals surface area contributed by atoms with Crippen LogP contribution >= 0.6 is 24.0 Å². The molecule has 0 unspecified atom stereocenters. The van der Waals surface area contributed by atoms with Crippen molar-refractivity contribution < 1.29 is 14.1 Å². The number of nitrogens with zero attached hydrogens (tertiary/aromatic N) is 2. The lowest BCUT2D eigenvalue weighted by molar-refractivity contribution is -0.384. The van der Waals surface area contributed by atoms with E-state index in [1.807, 2.05) is 0 Å². The van der Waals surface area contributed by atoms with Crippen molar-refractivity contribution in [1.82, 2.24) is 4.98 Å². The van der Waals surface area contributed by atoms with Crippen LogP contribution in [0.1, 0.15) is 0 Å². The molecule has 5 nitrogen and oxygen atoms in total. The molecule has 8 heteroatoms. The van der Waals surface area contributed by atoms with Gasteiger partial charge in [-0.15, -0.1) is 12.4 Å². The van der Waals surface area contributed by atoms with Gasteiger partial charge in [-0.05, 0) is 6.07 Å². The zero-order chi connectivity index (χ0) is 12.6. The summed E-state index contributed by atoms with van der Waals surface area (Å²) in [6, 6.07) is 2.40. The minimum absolute atomic E-state index is 0. The Balaban J connectivity index is 0.00000162. The van der Waals surface area contributed by atoms with Gasteiger partial charge in [0.05, 0.1) is 17.5 Å². The Bertz CT molecular complexity index is 622. The van der Waals surface area contributed by atoms with Crippen LogP contribution in [0, 0.1) is 15.9 Å². The van der Waals surface area contributed by atoms with E-state index in [-0.39, 0.29) is 34.3 Å². The van der Waals surface area contributed by atoms with Gasteiger partial charge in [0, 0.05) is 11.5 Å². The Hall–Kier alpha value is -1.66. The highest BCUT2D eigenvalue weighted by Crippen LogP contribution is 2.33. The van der Waals surface area contributed by atoms with Crippen molar-refractivity contribution in [2.24, 2.45) is 0 Å². The second-order valence-corrected chi connectivity index (χ2v) is 3.60. The average Bonchev–Trinajstić information content (AvgIpc) is 2.29. The number of hydrogen-bond donors (Lipinski definition) is 0. The molecule has 0 fully saturated rings. The first-order valence-corrected chi connectivity index (χ1v) is 4.88. The standard InChI is InChI=1S/C10H6ClFN2O3.ClH/c1-17-9-3-7-5(2-6(9)12)10(11)8(4-13-7)14(15)16;/h2-4H,1H3;1H. The highest BCUT2D eigenvalue weighted by atomic mass is 35.5. The molecule has 0 aliphatic rings. The van der Waals surface area contributed by atoms with E-state index in [2.05, 4.69) is 4.98 Å². The van der Waals surface area contributed by atoms with Crippen molar-refractivity contribution in [3.8, 4) is 5.75 Å². The number of benzene rings is 1. The summed E-state index contributed by atoms with van der Waals surface area (Å²) in [6.45, 7) is 0. The van der Waals surface area contributed by atoms with Crippen LogP contribution in [-0.4, -0.2) is 17.0 Å². The zero-order valence-electron chi connectivity index (χ0n) is 9.02. The molecule has 2 rings (SSSR count). The van der Waals surface area contributed by atoms with Crippen LogP contribution in [-0.2, 0) is 0 Å². The molecule has 1 aromatic carbocycles. The van der Waals surface area contributed by atoms with E-state index in [1.165, 1.54) is 13.2 Å². The molecule has 1 heterocycles. The molecule has 0 radical (unpaired) electrons. The Labute approximate surface area is 112 Å². The van der Waals surface area contributed by atoms with Crippen LogP contribution in [0.2, 0.25) is 5.02 Å². The predicted molar refractivity (Wildman–Crippen MR) is 67.2 cm³/mol. The smallest absolute Gasteiger partial charge is 0.306 e. The number of methoxy groups -OCH3 is 1. The van der Waals surface area contributed by atoms with Gasteiger partial charge in [0.2, 0.25) is 0 Å². The van der Waals surface area contributed by atoms with Crippen LogP contribution in [0.3, 0.4) is 0 Å². The molecule has 0 aliphatic carbocycles. The largest absolute Gasteiger partial charge is 0.494 e. The molecule has 1 aromatic heterocycles. The highest BCUT2D eigenvalue weighted by molar-refractivity contribution is 6.37. The summed E-state index contributed by atoms with van der Waals surface area (Å²) >= 11 is 5.81. The number of halogens is 3. The Morgan fingerprint density at radius 3 is 2.72 bits per heavy atom. The Morgan fingerprint density at radius 1 is 1.50 bits per heavy atom. The molecule has 0 atom stereocenters. The highest BCUT2D eigenvalue weighted by Gasteiger charge is 2.18. The fourth-order valence-corrected chi connectivity index (χ4v) is 1.70. The van der Waals surface area contributed by atoms with Crippen LogP contribution < -0.4 is 4.74 Å². The van der Waals surface area contributed by atoms with Gasteiger partial charge in [0.15, 0.2) is 11.6 Å². The normalized spacial score (nSPS) is 9.94. The van der Waals surface area contributed by atoms with Crippen molar-refractivity contribution >= 4 is 40.6 Å². The van der Waals surface area contributed by atoms with Gasteiger partial charge in [-0.1, -0.05) is 11.6 Å². The SMILES string of the molecule is COc1cc2ncc([N+](=O)[O-])c(Cl)c2cc1F.Cl. The molecule has 2 aromatic rings. The van der Waals surface area contributed by atoms with Gasteiger partial charge in [-0.3, -0.25) is 10.1 Å². The number of hydrogen-bond acceptors (Lipinski definition) is 4. The molecule has 96 valence electrons. The number of nitro groups is 1. The first kappa shape index (κ1) is 14.4. The first-order valence-electron chi connectivity index (χ1n) is 4.50. The van der Waals surface area contributed by atoms with Gasteiger partial charge in [-0.25, -0.2) is 9.37 Å². The van der Waals surface area contributed by atoms with Crippen molar-refractivity contribution in [3.05, 3.63) is 39.3 Å². The summed E-state index contributed by atoms with van der Waals surface area (Å²) in [5.41, 5.74) is -0.0254. The molecule has 18 heavy (non-hydrogen) atoms. The van der Waals surface area contributed by atoms with Gasteiger partial charge in [0.1, 0.15) is 11.2 Å². The van der Waals surface area contributed by atoms with Crippen molar-refractivity contribution in [2.45, 2.75) is 0 Å². The van der Waals surface area contributed by atoms with E-state index in [4.69, 9.17) is 16.3 Å². The lowest BCUT2D eigenvalue weighted by Crippen LogP contribution is -1.94. The van der Waals surface area contributed by atoms with Crippen molar-refractivity contribution in [3.63, 3.8) is 0 Å². The van der Waals surface area contributed by atoms with Gasteiger partial charge in [0.25, 0.3) is 0 Å². The maximum atomic E-state index is 13.5. The summed E-state index contributed by atoms with van der Waals surface area (Å²) in [4.78, 5) is 13.8. The van der Waals surface area contributed by atoms with Gasteiger partial charge >= 0.3 is 5.69 Å². The van der Waals surface area contributed by atoms with E-state index >= 15 is 0 Å². The van der Waals surface area contributed by atoms with Crippen LogP contribution in [0.5, 0.6) is 5.75 Å². The Morgan fingerprint density at radius 2 is 2.17 bits per heavy atom. The molecule has 0 spiro atoms. The van der Waals surface area contributed by atoms with Crippen molar-refractivity contribution in [1.29, 1.82) is 0 Å². The second kappa shape index (κ2) is 5.32. The molecule has 0 N–H and O–H groups in total. The maximum Gasteiger partial charge on any atom is 0.306 e. The minimum atomic E-state index is -0.670. The quantitative estimate of drug-likeness (QED) is 0.629. The fourth-order valence-electron chi connectivity index (χ4n) is 1.43. The number of rotatable bonds is 2. The van der Waals surface area contributed by atoms with Gasteiger partial charge in [-0.2, -0.15) is 0 Å². The molecule has 0 amide bonds. The summed E-state index contributed by atoms with van der Waals surface area (Å²) in [6.07, 6.45) is 1.03. The summed E-state index contributed by atoms with van der Waals surface area (Å²) in [5, 5.41) is 10.7. The Kier molecular flexibility index (Phi) is 4.26. The van der Waals surface area contributed by atoms with Gasteiger partial charge < -0.3 is 4.74 Å². The minimum Gasteiger partial charge on any atom is -0.494 e. The lowest BCUT2D eigenvalue weighted by Gasteiger charge is -2.05. The monoisotopic (exact) mass is 292 g/mol. The molecular formula is C10H7Cl2FN2O3. The van der Waals surface area contributed by atoms with E-state index in [0.29, 0.717) is 5.52 Å². The molecule has 0 saturated heterocycles. The number of fused-ring (bicyclic) bond motifs is 1. The van der Waals surface area contributed by atoms with Crippen molar-refractivity contribution in [2.75, 3.05) is 7.11 Å². The van der Waals surface area contributed by atoms with Crippen LogP contribution in [0.25, 0.3) is 10.9 Å². The molecule has 0 aliphatic heterocycles. The third kappa shape index (κ3) is 2.30. The number of pyridine rings is 1. The van der Waals surface area contributed by atoms with E-state index in [9.17, 15) is 14.5 Å². The average molecular weight is 293 g/mol. The number of ether oxygens (including phenoxy) is 1. The molecule has 0 bridgehead atoms. The van der Waals surface area contributed by atoms with E-state index in [1.54, 1.807) is 0 Å². The maximum absolute atomic E-state index is 13.5. The summed E-state index contributed by atoms with van der Waals surface area (Å²) < 4.78 is 18.2. The molecule has 0 saturated carbocycles. The molecular weight excluding hydrogens is 286 g/mol. The topological polar surface area (TPSA) is 65.3 Å². The number of aromatic nitrogens is 1. The third-order valence-corrected chi connectivity index (χ3v) is 2.65. The third-order valence-electron chi connectivity index (χ3n) is 2.25. The van der Waals surface area contributed by atoms with E-state index in [0.717, 1.165) is 12.3 Å².